The average Bonchev–Trinajstić information content (AvgIpc) is 3.34. The molecule has 6 heteroatoms. The Morgan fingerprint density at radius 2 is 1.92 bits per heavy atom. The van der Waals surface area contributed by atoms with Crippen LogP contribution in [0.4, 0.5) is 0 Å². The molecule has 130 valence electrons. The van der Waals surface area contributed by atoms with E-state index in [4.69, 9.17) is 0 Å². The summed E-state index contributed by atoms with van der Waals surface area (Å²) in [5.41, 5.74) is 5.24. The van der Waals surface area contributed by atoms with Crippen LogP contribution < -0.4 is 0 Å². The summed E-state index contributed by atoms with van der Waals surface area (Å²) in [6.07, 6.45) is 7.55. The second-order valence-corrected chi connectivity index (χ2v) is 6.33. The fraction of sp³-hybridized carbons (Fsp3) is 0.200. The first-order valence-electron chi connectivity index (χ1n) is 8.61. The second kappa shape index (κ2) is 6.92. The minimum Gasteiger partial charge on any atom is -0.268 e. The molecule has 0 spiro atoms. The predicted octanol–water partition coefficient (Wildman–Crippen LogP) is 3.50. The highest BCUT2D eigenvalue weighted by atomic mass is 15.4. The van der Waals surface area contributed by atoms with E-state index >= 15 is 0 Å². The lowest BCUT2D eigenvalue weighted by Crippen LogP contribution is -2.10. The van der Waals surface area contributed by atoms with Gasteiger partial charge in [0.25, 0.3) is 0 Å². The largest absolute Gasteiger partial charge is 0.268 e. The maximum absolute atomic E-state index is 4.50. The van der Waals surface area contributed by atoms with E-state index in [1.807, 2.05) is 52.2 Å². The van der Waals surface area contributed by atoms with Gasteiger partial charge >= 0.3 is 0 Å². The van der Waals surface area contributed by atoms with E-state index in [0.717, 1.165) is 28.1 Å². The van der Waals surface area contributed by atoms with Gasteiger partial charge in [-0.2, -0.15) is 5.10 Å². The van der Waals surface area contributed by atoms with Crippen LogP contribution in [0, 0.1) is 6.92 Å². The first kappa shape index (κ1) is 16.2. The minimum absolute atomic E-state index is 0.0238. The van der Waals surface area contributed by atoms with Crippen molar-refractivity contribution in [2.24, 2.45) is 0 Å². The smallest absolute Gasteiger partial charge is 0.113 e. The number of aromatic nitrogens is 6. The van der Waals surface area contributed by atoms with E-state index in [2.05, 4.69) is 52.4 Å². The van der Waals surface area contributed by atoms with Gasteiger partial charge in [-0.1, -0.05) is 35.5 Å². The van der Waals surface area contributed by atoms with Crippen molar-refractivity contribution in [2.75, 3.05) is 0 Å². The third-order valence-electron chi connectivity index (χ3n) is 4.54. The van der Waals surface area contributed by atoms with Gasteiger partial charge in [-0.05, 0) is 37.1 Å². The summed E-state index contributed by atoms with van der Waals surface area (Å²) in [5, 5.41) is 13.1. The van der Waals surface area contributed by atoms with E-state index in [1.165, 1.54) is 0 Å². The lowest BCUT2D eigenvalue weighted by atomic mass is 10.1. The second-order valence-electron chi connectivity index (χ2n) is 6.33. The van der Waals surface area contributed by atoms with E-state index < -0.39 is 0 Å². The van der Waals surface area contributed by atoms with Crippen LogP contribution in [-0.2, 0) is 6.54 Å². The van der Waals surface area contributed by atoms with Crippen LogP contribution in [0.25, 0.3) is 11.3 Å². The quantitative estimate of drug-likeness (QED) is 0.556. The molecule has 0 aliphatic carbocycles. The summed E-state index contributed by atoms with van der Waals surface area (Å²) in [6.45, 7) is 4.85. The molecule has 0 radical (unpaired) electrons. The summed E-state index contributed by atoms with van der Waals surface area (Å²) in [4.78, 5) is 4.50. The third kappa shape index (κ3) is 3.13. The summed E-state index contributed by atoms with van der Waals surface area (Å²) in [7, 11) is 0. The Morgan fingerprint density at radius 3 is 2.73 bits per heavy atom. The van der Waals surface area contributed by atoms with Crippen LogP contribution >= 0.6 is 0 Å². The van der Waals surface area contributed by atoms with Crippen molar-refractivity contribution < 1.29 is 0 Å². The van der Waals surface area contributed by atoms with Gasteiger partial charge in [-0.15, -0.1) is 5.10 Å². The molecule has 1 unspecified atom stereocenters. The topological polar surface area (TPSA) is 61.4 Å². The van der Waals surface area contributed by atoms with Gasteiger partial charge in [-0.25, -0.2) is 4.68 Å². The maximum Gasteiger partial charge on any atom is 0.113 e. The first-order valence-corrected chi connectivity index (χ1v) is 8.61. The minimum atomic E-state index is 0.0238. The molecule has 0 saturated carbocycles. The van der Waals surface area contributed by atoms with Gasteiger partial charge in [-0.3, -0.25) is 9.67 Å². The van der Waals surface area contributed by atoms with E-state index in [0.29, 0.717) is 6.54 Å². The number of nitrogens with zero attached hydrogens (tertiary/aromatic N) is 6. The molecule has 1 atom stereocenters. The molecule has 4 rings (SSSR count). The Balaban J connectivity index is 1.66. The molecule has 0 N–H and O–H groups in total. The average molecular weight is 344 g/mol. The fourth-order valence-corrected chi connectivity index (χ4v) is 3.13. The molecule has 0 aliphatic rings. The molecular weight excluding hydrogens is 324 g/mol. The summed E-state index contributed by atoms with van der Waals surface area (Å²) in [5.74, 6) is 0. The molecular formula is C20H20N6. The Bertz CT molecular complexity index is 1000. The number of benzene rings is 1. The molecule has 1 aromatic carbocycles. The van der Waals surface area contributed by atoms with Gasteiger partial charge in [0.15, 0.2) is 0 Å². The zero-order chi connectivity index (χ0) is 17.9. The standard InChI is InChI=1S/C20H20N6/c1-15-7-5-10-21-20(15)16(2)26-14-19(23-24-26)18-9-4-3-8-17(18)13-25-12-6-11-22-25/h3-12,14,16H,13H2,1-2H3. The van der Waals surface area contributed by atoms with Crippen molar-refractivity contribution in [3.63, 3.8) is 0 Å². The molecule has 0 aliphatic heterocycles. The Kier molecular flexibility index (Phi) is 4.31. The van der Waals surface area contributed by atoms with Crippen molar-refractivity contribution in [1.82, 2.24) is 29.8 Å². The number of pyridine rings is 1. The number of hydrogen-bond acceptors (Lipinski definition) is 4. The van der Waals surface area contributed by atoms with E-state index in [-0.39, 0.29) is 6.04 Å². The van der Waals surface area contributed by atoms with Gasteiger partial charge in [0.2, 0.25) is 0 Å². The Labute approximate surface area is 152 Å². The molecule has 0 amide bonds. The molecule has 4 aromatic rings. The van der Waals surface area contributed by atoms with Gasteiger partial charge in [0, 0.05) is 24.2 Å². The lowest BCUT2D eigenvalue weighted by Gasteiger charge is -2.12. The van der Waals surface area contributed by atoms with Crippen LogP contribution in [0.15, 0.2) is 67.3 Å². The fourth-order valence-electron chi connectivity index (χ4n) is 3.13. The van der Waals surface area contributed by atoms with Crippen molar-refractivity contribution in [1.29, 1.82) is 0 Å². The highest BCUT2D eigenvalue weighted by molar-refractivity contribution is 5.62. The number of rotatable bonds is 5. The van der Waals surface area contributed by atoms with E-state index in [1.54, 1.807) is 6.20 Å². The van der Waals surface area contributed by atoms with E-state index in [9.17, 15) is 0 Å². The Morgan fingerprint density at radius 1 is 1.04 bits per heavy atom. The zero-order valence-electron chi connectivity index (χ0n) is 14.8. The molecule has 0 bridgehead atoms. The molecule has 3 heterocycles. The predicted molar refractivity (Wildman–Crippen MR) is 99.6 cm³/mol. The van der Waals surface area contributed by atoms with Crippen molar-refractivity contribution in [2.45, 2.75) is 26.4 Å². The Hall–Kier alpha value is -3.28. The molecule has 0 fully saturated rings. The lowest BCUT2D eigenvalue weighted by molar-refractivity contribution is 0.529. The monoisotopic (exact) mass is 344 g/mol. The van der Waals surface area contributed by atoms with Crippen LogP contribution in [0.5, 0.6) is 0 Å². The first-order chi connectivity index (χ1) is 12.7. The van der Waals surface area contributed by atoms with Crippen LogP contribution in [0.2, 0.25) is 0 Å². The molecule has 26 heavy (non-hydrogen) atoms. The maximum atomic E-state index is 4.50. The van der Waals surface area contributed by atoms with Crippen molar-refractivity contribution in [3.05, 3.63) is 84.1 Å². The van der Waals surface area contributed by atoms with Gasteiger partial charge in [0.1, 0.15) is 5.69 Å². The molecule has 6 nitrogen and oxygen atoms in total. The molecule has 3 aromatic heterocycles. The van der Waals surface area contributed by atoms with Gasteiger partial charge < -0.3 is 0 Å². The van der Waals surface area contributed by atoms with Gasteiger partial charge in [0.05, 0.1) is 24.5 Å². The summed E-state index contributed by atoms with van der Waals surface area (Å²) in [6, 6.07) is 14.2. The highest BCUT2D eigenvalue weighted by Gasteiger charge is 2.16. The normalized spacial score (nSPS) is 12.2. The zero-order valence-corrected chi connectivity index (χ0v) is 14.8. The highest BCUT2D eigenvalue weighted by Crippen LogP contribution is 2.24. The van der Waals surface area contributed by atoms with Crippen LogP contribution in [0.1, 0.15) is 29.8 Å². The SMILES string of the molecule is Cc1cccnc1C(C)n1cc(-c2ccccc2Cn2cccn2)nn1. The van der Waals surface area contributed by atoms with Crippen LogP contribution in [-0.4, -0.2) is 29.8 Å². The summed E-state index contributed by atoms with van der Waals surface area (Å²) < 4.78 is 3.78. The third-order valence-corrected chi connectivity index (χ3v) is 4.54. The number of aryl methyl sites for hydroxylation is 1. The number of hydrogen-bond donors (Lipinski definition) is 0. The van der Waals surface area contributed by atoms with Crippen molar-refractivity contribution in [3.8, 4) is 11.3 Å². The van der Waals surface area contributed by atoms with Crippen LogP contribution in [0.3, 0.4) is 0 Å². The summed E-state index contributed by atoms with van der Waals surface area (Å²) >= 11 is 0. The van der Waals surface area contributed by atoms with Crippen molar-refractivity contribution >= 4 is 0 Å². The molecule has 0 saturated heterocycles.